The molecule has 92 valence electrons. The standard InChI is InChI=1S/C15H15NO2/c1-11-7-12(2)9-14(8-11)18-15-6-4-3-5-13(15)10-16-17/h3-10,17H,1-2H3/b16-10-. The number of ether oxygens (including phenoxy) is 1. The number of benzene rings is 2. The minimum Gasteiger partial charge on any atom is -0.457 e. The number of hydrogen-bond acceptors (Lipinski definition) is 3. The van der Waals surface area contributed by atoms with Crippen molar-refractivity contribution in [1.29, 1.82) is 0 Å². The van der Waals surface area contributed by atoms with E-state index in [0.717, 1.165) is 22.4 Å². The molecular weight excluding hydrogens is 226 g/mol. The van der Waals surface area contributed by atoms with E-state index in [2.05, 4.69) is 11.2 Å². The van der Waals surface area contributed by atoms with Gasteiger partial charge in [-0.1, -0.05) is 23.4 Å². The molecule has 0 radical (unpaired) electrons. The molecule has 18 heavy (non-hydrogen) atoms. The lowest BCUT2D eigenvalue weighted by Gasteiger charge is -2.09. The SMILES string of the molecule is Cc1cc(C)cc(Oc2ccccc2/C=N\O)c1. The van der Waals surface area contributed by atoms with Gasteiger partial charge in [-0.2, -0.15) is 0 Å². The molecule has 0 fully saturated rings. The van der Waals surface area contributed by atoms with Gasteiger partial charge in [0.1, 0.15) is 11.5 Å². The van der Waals surface area contributed by atoms with Crippen molar-refractivity contribution in [2.75, 3.05) is 0 Å². The Kier molecular flexibility index (Phi) is 3.63. The van der Waals surface area contributed by atoms with Crippen molar-refractivity contribution in [2.45, 2.75) is 13.8 Å². The normalized spacial score (nSPS) is 10.8. The lowest BCUT2D eigenvalue weighted by molar-refractivity contribution is 0.321. The fourth-order valence-electron chi connectivity index (χ4n) is 1.86. The number of oxime groups is 1. The average Bonchev–Trinajstić information content (AvgIpc) is 2.30. The summed E-state index contributed by atoms with van der Waals surface area (Å²) in [4.78, 5) is 0. The Labute approximate surface area is 106 Å². The molecule has 0 aliphatic rings. The summed E-state index contributed by atoms with van der Waals surface area (Å²) in [6.07, 6.45) is 1.36. The average molecular weight is 241 g/mol. The molecule has 0 aromatic heterocycles. The first kappa shape index (κ1) is 12.2. The zero-order chi connectivity index (χ0) is 13.0. The Morgan fingerprint density at radius 2 is 1.72 bits per heavy atom. The summed E-state index contributed by atoms with van der Waals surface area (Å²) in [5.41, 5.74) is 3.04. The number of para-hydroxylation sites is 1. The van der Waals surface area contributed by atoms with Crippen molar-refractivity contribution in [3.05, 3.63) is 59.2 Å². The van der Waals surface area contributed by atoms with Crippen molar-refractivity contribution in [2.24, 2.45) is 5.16 Å². The van der Waals surface area contributed by atoms with Crippen LogP contribution in [0.15, 0.2) is 47.6 Å². The van der Waals surface area contributed by atoms with Crippen molar-refractivity contribution in [3.63, 3.8) is 0 Å². The third kappa shape index (κ3) is 2.88. The molecule has 0 heterocycles. The van der Waals surface area contributed by atoms with Crippen LogP contribution < -0.4 is 4.74 Å². The van der Waals surface area contributed by atoms with E-state index >= 15 is 0 Å². The first-order valence-corrected chi connectivity index (χ1v) is 5.71. The van der Waals surface area contributed by atoms with Gasteiger partial charge in [0.05, 0.1) is 6.21 Å². The predicted octanol–water partition coefficient (Wildman–Crippen LogP) is 3.90. The van der Waals surface area contributed by atoms with E-state index in [9.17, 15) is 0 Å². The summed E-state index contributed by atoms with van der Waals surface area (Å²) in [7, 11) is 0. The molecule has 2 aromatic carbocycles. The minimum absolute atomic E-state index is 0.667. The van der Waals surface area contributed by atoms with E-state index in [0.29, 0.717) is 5.75 Å². The fraction of sp³-hybridized carbons (Fsp3) is 0.133. The topological polar surface area (TPSA) is 41.8 Å². The van der Waals surface area contributed by atoms with Gasteiger partial charge in [-0.25, -0.2) is 0 Å². The van der Waals surface area contributed by atoms with Crippen LogP contribution in [-0.2, 0) is 0 Å². The highest BCUT2D eigenvalue weighted by molar-refractivity contribution is 5.83. The molecule has 2 rings (SSSR count). The van der Waals surface area contributed by atoms with Crippen molar-refractivity contribution in [1.82, 2.24) is 0 Å². The second-order valence-corrected chi connectivity index (χ2v) is 4.21. The Bertz CT molecular complexity index is 556. The summed E-state index contributed by atoms with van der Waals surface area (Å²) in [5.74, 6) is 1.45. The van der Waals surface area contributed by atoms with Crippen LogP contribution in [0, 0.1) is 13.8 Å². The molecule has 0 bridgehead atoms. The lowest BCUT2D eigenvalue weighted by Crippen LogP contribution is -1.91. The van der Waals surface area contributed by atoms with Crippen molar-refractivity contribution >= 4 is 6.21 Å². The molecule has 1 N–H and O–H groups in total. The summed E-state index contributed by atoms with van der Waals surface area (Å²) in [6.45, 7) is 4.06. The van der Waals surface area contributed by atoms with Crippen LogP contribution >= 0.6 is 0 Å². The molecule has 0 atom stereocenters. The monoisotopic (exact) mass is 241 g/mol. The maximum absolute atomic E-state index is 8.61. The van der Waals surface area contributed by atoms with Crippen LogP contribution in [-0.4, -0.2) is 11.4 Å². The van der Waals surface area contributed by atoms with Gasteiger partial charge < -0.3 is 9.94 Å². The molecule has 0 unspecified atom stereocenters. The van der Waals surface area contributed by atoms with Crippen molar-refractivity contribution < 1.29 is 9.94 Å². The van der Waals surface area contributed by atoms with Crippen LogP contribution in [0.5, 0.6) is 11.5 Å². The van der Waals surface area contributed by atoms with Gasteiger partial charge in [-0.3, -0.25) is 0 Å². The maximum Gasteiger partial charge on any atom is 0.136 e. The van der Waals surface area contributed by atoms with E-state index in [1.807, 2.05) is 50.2 Å². The molecular formula is C15H15NO2. The number of aryl methyl sites for hydroxylation is 2. The number of rotatable bonds is 3. The number of nitrogens with zero attached hydrogens (tertiary/aromatic N) is 1. The highest BCUT2D eigenvalue weighted by Gasteiger charge is 2.03. The number of hydrogen-bond donors (Lipinski definition) is 1. The lowest BCUT2D eigenvalue weighted by atomic mass is 10.1. The summed E-state index contributed by atoms with van der Waals surface area (Å²) >= 11 is 0. The Morgan fingerprint density at radius 1 is 1.06 bits per heavy atom. The fourth-order valence-corrected chi connectivity index (χ4v) is 1.86. The summed E-state index contributed by atoms with van der Waals surface area (Å²) in [5, 5.41) is 11.7. The Balaban J connectivity index is 2.33. The first-order valence-electron chi connectivity index (χ1n) is 5.71. The molecule has 0 amide bonds. The molecule has 3 heteroatoms. The van der Waals surface area contributed by atoms with E-state index in [1.54, 1.807) is 0 Å². The smallest absolute Gasteiger partial charge is 0.136 e. The second-order valence-electron chi connectivity index (χ2n) is 4.21. The van der Waals surface area contributed by atoms with Gasteiger partial charge in [0.2, 0.25) is 0 Å². The first-order chi connectivity index (χ1) is 8.69. The van der Waals surface area contributed by atoms with E-state index in [4.69, 9.17) is 9.94 Å². The van der Waals surface area contributed by atoms with E-state index in [-0.39, 0.29) is 0 Å². The van der Waals surface area contributed by atoms with Gasteiger partial charge >= 0.3 is 0 Å². The maximum atomic E-state index is 8.61. The molecule has 0 spiro atoms. The highest BCUT2D eigenvalue weighted by atomic mass is 16.5. The van der Waals surface area contributed by atoms with Crippen LogP contribution in [0.25, 0.3) is 0 Å². The minimum atomic E-state index is 0.667. The Morgan fingerprint density at radius 3 is 2.39 bits per heavy atom. The summed E-state index contributed by atoms with van der Waals surface area (Å²) < 4.78 is 5.82. The highest BCUT2D eigenvalue weighted by Crippen LogP contribution is 2.26. The summed E-state index contributed by atoms with van der Waals surface area (Å²) in [6, 6.07) is 13.5. The van der Waals surface area contributed by atoms with Crippen LogP contribution in [0.3, 0.4) is 0 Å². The Hall–Kier alpha value is -2.29. The largest absolute Gasteiger partial charge is 0.457 e. The van der Waals surface area contributed by atoms with Gasteiger partial charge in [0.15, 0.2) is 0 Å². The predicted molar refractivity (Wildman–Crippen MR) is 71.8 cm³/mol. The van der Waals surface area contributed by atoms with Crippen LogP contribution in [0.1, 0.15) is 16.7 Å². The quantitative estimate of drug-likeness (QED) is 0.503. The van der Waals surface area contributed by atoms with Gasteiger partial charge in [0.25, 0.3) is 0 Å². The van der Waals surface area contributed by atoms with Crippen molar-refractivity contribution in [3.8, 4) is 11.5 Å². The van der Waals surface area contributed by atoms with E-state index in [1.165, 1.54) is 6.21 Å². The van der Waals surface area contributed by atoms with Crippen LogP contribution in [0.2, 0.25) is 0 Å². The third-order valence-electron chi connectivity index (χ3n) is 2.54. The zero-order valence-corrected chi connectivity index (χ0v) is 10.4. The van der Waals surface area contributed by atoms with Gasteiger partial charge in [0, 0.05) is 5.56 Å². The van der Waals surface area contributed by atoms with E-state index < -0.39 is 0 Å². The second kappa shape index (κ2) is 5.36. The molecule has 0 aliphatic heterocycles. The molecule has 0 saturated heterocycles. The zero-order valence-electron chi connectivity index (χ0n) is 10.4. The molecule has 3 nitrogen and oxygen atoms in total. The molecule has 0 aliphatic carbocycles. The third-order valence-corrected chi connectivity index (χ3v) is 2.54. The molecule has 2 aromatic rings. The van der Waals surface area contributed by atoms with Crippen LogP contribution in [0.4, 0.5) is 0 Å². The van der Waals surface area contributed by atoms with Gasteiger partial charge in [-0.05, 0) is 49.2 Å². The molecule has 0 saturated carbocycles. The van der Waals surface area contributed by atoms with Gasteiger partial charge in [-0.15, -0.1) is 0 Å².